The van der Waals surface area contributed by atoms with Crippen LogP contribution in [0.5, 0.6) is 0 Å². The van der Waals surface area contributed by atoms with Crippen LogP contribution in [0.3, 0.4) is 0 Å². The molecule has 0 saturated carbocycles. The van der Waals surface area contributed by atoms with Gasteiger partial charge in [-0.15, -0.1) is 11.3 Å². The molecule has 0 amide bonds. The van der Waals surface area contributed by atoms with Crippen molar-refractivity contribution in [1.82, 2.24) is 15.2 Å². The second-order valence-electron chi connectivity index (χ2n) is 6.39. The summed E-state index contributed by atoms with van der Waals surface area (Å²) < 4.78 is 0. The Bertz CT molecular complexity index is 402. The van der Waals surface area contributed by atoms with E-state index in [1.807, 2.05) is 0 Å². The summed E-state index contributed by atoms with van der Waals surface area (Å²) in [5.41, 5.74) is 1.88. The lowest BCUT2D eigenvalue weighted by atomic mass is 9.74. The van der Waals surface area contributed by atoms with Crippen LogP contribution in [0.4, 0.5) is 0 Å². The maximum Gasteiger partial charge on any atom is 0.107 e. The third-order valence-corrected chi connectivity index (χ3v) is 6.00. The van der Waals surface area contributed by atoms with E-state index in [9.17, 15) is 0 Å². The van der Waals surface area contributed by atoms with E-state index in [4.69, 9.17) is 4.98 Å². The van der Waals surface area contributed by atoms with Crippen molar-refractivity contribution in [3.05, 3.63) is 16.1 Å². The number of hydrogen-bond acceptors (Lipinski definition) is 4. The molecular weight excluding hydrogens is 278 g/mol. The topological polar surface area (TPSA) is 28.2 Å². The first kappa shape index (κ1) is 16.9. The molecule has 1 N–H and O–H groups in total. The molecule has 0 spiro atoms. The maximum atomic E-state index is 4.77. The van der Waals surface area contributed by atoms with Crippen molar-refractivity contribution in [2.45, 2.75) is 66.0 Å². The molecule has 3 nitrogen and oxygen atoms in total. The first-order chi connectivity index (χ1) is 10.2. The Balaban J connectivity index is 1.78. The number of likely N-dealkylation sites (tertiary alicyclic amines) is 1. The molecule has 1 aliphatic heterocycles. The molecular formula is C17H31N3S. The second kappa shape index (κ2) is 8.25. The van der Waals surface area contributed by atoms with E-state index in [1.54, 1.807) is 11.3 Å². The van der Waals surface area contributed by atoms with Gasteiger partial charge in [-0.2, -0.15) is 0 Å². The van der Waals surface area contributed by atoms with Crippen LogP contribution in [0.1, 0.15) is 63.6 Å². The number of nitrogens with zero attached hydrogens (tertiary/aromatic N) is 2. The SMILES string of the molecule is CCCNCc1nc(CN2CCC(CC)(CC)CC2)cs1. The molecule has 1 aliphatic rings. The molecule has 1 aromatic heterocycles. The van der Waals surface area contributed by atoms with Gasteiger partial charge in [0.2, 0.25) is 0 Å². The lowest BCUT2D eigenvalue weighted by Gasteiger charge is -2.40. The zero-order valence-electron chi connectivity index (χ0n) is 14.0. The molecule has 2 heterocycles. The summed E-state index contributed by atoms with van der Waals surface area (Å²) in [7, 11) is 0. The Kier molecular flexibility index (Phi) is 6.65. The van der Waals surface area contributed by atoms with Gasteiger partial charge in [0, 0.05) is 18.5 Å². The predicted octanol–water partition coefficient (Wildman–Crippen LogP) is 4.04. The van der Waals surface area contributed by atoms with E-state index in [-0.39, 0.29) is 0 Å². The second-order valence-corrected chi connectivity index (χ2v) is 7.34. The summed E-state index contributed by atoms with van der Waals surface area (Å²) in [6.45, 7) is 12.4. The average molecular weight is 310 g/mol. The minimum absolute atomic E-state index is 0.619. The van der Waals surface area contributed by atoms with Gasteiger partial charge in [0.05, 0.1) is 5.69 Å². The van der Waals surface area contributed by atoms with Crippen LogP contribution in [-0.2, 0) is 13.1 Å². The molecule has 0 aromatic carbocycles. The average Bonchev–Trinajstić information content (AvgIpc) is 2.96. The number of rotatable bonds is 8. The van der Waals surface area contributed by atoms with Crippen molar-refractivity contribution in [1.29, 1.82) is 0 Å². The highest BCUT2D eigenvalue weighted by molar-refractivity contribution is 7.09. The molecule has 120 valence electrons. The highest BCUT2D eigenvalue weighted by Crippen LogP contribution is 2.38. The largest absolute Gasteiger partial charge is 0.310 e. The van der Waals surface area contributed by atoms with Gasteiger partial charge in [-0.3, -0.25) is 4.90 Å². The van der Waals surface area contributed by atoms with Crippen molar-refractivity contribution < 1.29 is 0 Å². The first-order valence-electron chi connectivity index (χ1n) is 8.57. The van der Waals surface area contributed by atoms with Gasteiger partial charge in [0.1, 0.15) is 5.01 Å². The van der Waals surface area contributed by atoms with E-state index >= 15 is 0 Å². The normalized spacial score (nSPS) is 19.0. The molecule has 1 aromatic rings. The summed E-state index contributed by atoms with van der Waals surface area (Å²) in [4.78, 5) is 7.35. The van der Waals surface area contributed by atoms with Gasteiger partial charge in [-0.05, 0) is 44.3 Å². The molecule has 4 heteroatoms. The van der Waals surface area contributed by atoms with Gasteiger partial charge < -0.3 is 5.32 Å². The fourth-order valence-electron chi connectivity index (χ4n) is 3.25. The van der Waals surface area contributed by atoms with Crippen molar-refractivity contribution >= 4 is 11.3 Å². The number of piperidine rings is 1. The lowest BCUT2D eigenvalue weighted by Crippen LogP contribution is -2.39. The van der Waals surface area contributed by atoms with Crippen LogP contribution in [0.15, 0.2) is 5.38 Å². The fraction of sp³-hybridized carbons (Fsp3) is 0.824. The van der Waals surface area contributed by atoms with Gasteiger partial charge in [0.25, 0.3) is 0 Å². The van der Waals surface area contributed by atoms with E-state index < -0.39 is 0 Å². The van der Waals surface area contributed by atoms with Crippen molar-refractivity contribution in [3.8, 4) is 0 Å². The molecule has 21 heavy (non-hydrogen) atoms. The van der Waals surface area contributed by atoms with Crippen LogP contribution in [-0.4, -0.2) is 29.5 Å². The molecule has 0 radical (unpaired) electrons. The molecule has 0 unspecified atom stereocenters. The quantitative estimate of drug-likeness (QED) is 0.734. The van der Waals surface area contributed by atoms with Crippen molar-refractivity contribution in [2.24, 2.45) is 5.41 Å². The fourth-order valence-corrected chi connectivity index (χ4v) is 4.00. The summed E-state index contributed by atoms with van der Waals surface area (Å²) in [5, 5.41) is 6.90. The van der Waals surface area contributed by atoms with Gasteiger partial charge in [0.15, 0.2) is 0 Å². The number of aromatic nitrogens is 1. The minimum atomic E-state index is 0.619. The first-order valence-corrected chi connectivity index (χ1v) is 9.45. The molecule has 1 fully saturated rings. The molecule has 0 aliphatic carbocycles. The predicted molar refractivity (Wildman–Crippen MR) is 91.6 cm³/mol. The van der Waals surface area contributed by atoms with E-state index in [0.717, 1.165) is 19.6 Å². The highest BCUT2D eigenvalue weighted by Gasteiger charge is 2.31. The van der Waals surface area contributed by atoms with Crippen molar-refractivity contribution in [3.63, 3.8) is 0 Å². The zero-order chi connectivity index (χ0) is 15.1. The van der Waals surface area contributed by atoms with Gasteiger partial charge >= 0.3 is 0 Å². The highest BCUT2D eigenvalue weighted by atomic mass is 32.1. The summed E-state index contributed by atoms with van der Waals surface area (Å²) >= 11 is 1.80. The summed E-state index contributed by atoms with van der Waals surface area (Å²) in [6, 6.07) is 0. The van der Waals surface area contributed by atoms with Gasteiger partial charge in [-0.25, -0.2) is 4.98 Å². The van der Waals surface area contributed by atoms with Crippen LogP contribution in [0, 0.1) is 5.41 Å². The Morgan fingerprint density at radius 3 is 2.57 bits per heavy atom. The number of thiazole rings is 1. The van der Waals surface area contributed by atoms with Crippen molar-refractivity contribution in [2.75, 3.05) is 19.6 Å². The van der Waals surface area contributed by atoms with Crippen LogP contribution in [0.25, 0.3) is 0 Å². The van der Waals surface area contributed by atoms with E-state index in [0.29, 0.717) is 5.41 Å². The molecule has 2 rings (SSSR count). The van der Waals surface area contributed by atoms with E-state index in [2.05, 4.69) is 36.4 Å². The van der Waals surface area contributed by atoms with Crippen LogP contribution < -0.4 is 5.32 Å². The third kappa shape index (κ3) is 4.76. The summed E-state index contributed by atoms with van der Waals surface area (Å²) in [6.07, 6.45) is 6.56. The Morgan fingerprint density at radius 1 is 1.24 bits per heavy atom. The van der Waals surface area contributed by atoms with Crippen LogP contribution >= 0.6 is 11.3 Å². The molecule has 0 atom stereocenters. The Hall–Kier alpha value is -0.450. The van der Waals surface area contributed by atoms with Crippen LogP contribution in [0.2, 0.25) is 0 Å². The van der Waals surface area contributed by atoms with Gasteiger partial charge in [-0.1, -0.05) is 33.6 Å². The van der Waals surface area contributed by atoms with E-state index in [1.165, 1.54) is 55.9 Å². The summed E-state index contributed by atoms with van der Waals surface area (Å²) in [5.74, 6) is 0. The maximum absolute atomic E-state index is 4.77. The minimum Gasteiger partial charge on any atom is -0.310 e. The Morgan fingerprint density at radius 2 is 1.95 bits per heavy atom. The monoisotopic (exact) mass is 309 g/mol. The third-order valence-electron chi connectivity index (χ3n) is 5.10. The smallest absolute Gasteiger partial charge is 0.107 e. The number of hydrogen-bond donors (Lipinski definition) is 1. The lowest BCUT2D eigenvalue weighted by molar-refractivity contribution is 0.0902. The molecule has 0 bridgehead atoms. The molecule has 1 saturated heterocycles. The standard InChI is InChI=1S/C17H31N3S/c1-4-9-18-12-16-19-15(14-21-16)13-20-10-7-17(5-2,6-3)8-11-20/h14,18H,4-13H2,1-3H3. The number of nitrogens with one attached hydrogen (secondary N) is 1. The Labute approximate surface area is 134 Å². The zero-order valence-corrected chi connectivity index (χ0v) is 14.8.